The minimum atomic E-state index is -0.869. The van der Waals surface area contributed by atoms with Crippen LogP contribution >= 0.6 is 0 Å². The van der Waals surface area contributed by atoms with Gasteiger partial charge in [-0.1, -0.05) is 48.5 Å². The van der Waals surface area contributed by atoms with Crippen LogP contribution in [0.25, 0.3) is 0 Å². The van der Waals surface area contributed by atoms with E-state index < -0.39 is 12.0 Å². The number of benzene rings is 2. The fourth-order valence-electron chi connectivity index (χ4n) is 2.18. The minimum Gasteiger partial charge on any atom is -0.480 e. The number of ether oxygens (including phenoxy) is 1. The second kappa shape index (κ2) is 7.45. The molecular formula is C17H19NO3. The summed E-state index contributed by atoms with van der Waals surface area (Å²) in [5.41, 5.74) is 2.73. The molecule has 2 rings (SSSR count). The summed E-state index contributed by atoms with van der Waals surface area (Å²) >= 11 is 0. The van der Waals surface area contributed by atoms with Crippen molar-refractivity contribution >= 4 is 11.7 Å². The molecule has 0 bridgehead atoms. The largest absolute Gasteiger partial charge is 0.480 e. The lowest BCUT2D eigenvalue weighted by molar-refractivity contribution is -0.137. The molecule has 0 heterocycles. The Bertz CT molecular complexity index is 584. The second-order valence-electron chi connectivity index (χ2n) is 4.82. The molecule has 0 spiro atoms. The first-order valence-electron chi connectivity index (χ1n) is 6.81. The highest BCUT2D eigenvalue weighted by molar-refractivity contribution is 5.78. The van der Waals surface area contributed by atoms with Crippen LogP contribution in [0.3, 0.4) is 0 Å². The van der Waals surface area contributed by atoms with Gasteiger partial charge in [-0.15, -0.1) is 0 Å². The predicted octanol–water partition coefficient (Wildman–Crippen LogP) is 2.94. The van der Waals surface area contributed by atoms with Gasteiger partial charge in [0.2, 0.25) is 0 Å². The molecule has 110 valence electrons. The Labute approximate surface area is 124 Å². The minimum absolute atomic E-state index is 0.428. The van der Waals surface area contributed by atoms with Crippen LogP contribution in [0.1, 0.15) is 11.1 Å². The van der Waals surface area contributed by atoms with E-state index in [0.29, 0.717) is 13.0 Å². The van der Waals surface area contributed by atoms with Gasteiger partial charge < -0.3 is 15.2 Å². The molecule has 1 atom stereocenters. The van der Waals surface area contributed by atoms with E-state index >= 15 is 0 Å². The van der Waals surface area contributed by atoms with Gasteiger partial charge in [0.15, 0.2) is 0 Å². The summed E-state index contributed by atoms with van der Waals surface area (Å²) in [4.78, 5) is 11.5. The molecule has 0 radical (unpaired) electrons. The number of para-hydroxylation sites is 1. The van der Waals surface area contributed by atoms with E-state index in [9.17, 15) is 9.90 Å². The number of hydrogen-bond acceptors (Lipinski definition) is 3. The molecule has 0 saturated heterocycles. The van der Waals surface area contributed by atoms with Crippen LogP contribution in [-0.2, 0) is 22.6 Å². The van der Waals surface area contributed by atoms with Crippen molar-refractivity contribution in [2.45, 2.75) is 19.1 Å². The zero-order chi connectivity index (χ0) is 15.1. The van der Waals surface area contributed by atoms with Crippen LogP contribution in [0, 0.1) is 0 Å². The SMILES string of the molecule is COCc1ccccc1NC(Cc1ccccc1)C(=O)O. The third-order valence-corrected chi connectivity index (χ3v) is 3.23. The smallest absolute Gasteiger partial charge is 0.326 e. The Balaban J connectivity index is 2.15. The number of carboxylic acid groups (broad SMARTS) is 1. The van der Waals surface area contributed by atoms with Gasteiger partial charge in [0.25, 0.3) is 0 Å². The number of methoxy groups -OCH3 is 1. The summed E-state index contributed by atoms with van der Waals surface area (Å²) in [5, 5.41) is 12.5. The van der Waals surface area contributed by atoms with Crippen molar-refractivity contribution in [3.05, 3.63) is 65.7 Å². The molecule has 0 aliphatic rings. The molecule has 0 fully saturated rings. The number of anilines is 1. The van der Waals surface area contributed by atoms with Crippen LogP contribution in [0.4, 0.5) is 5.69 Å². The number of rotatable bonds is 7. The summed E-state index contributed by atoms with van der Waals surface area (Å²) in [7, 11) is 1.62. The molecule has 0 aromatic heterocycles. The molecule has 21 heavy (non-hydrogen) atoms. The van der Waals surface area contributed by atoms with Gasteiger partial charge >= 0.3 is 5.97 Å². The summed E-state index contributed by atoms with van der Waals surface area (Å²) in [6.07, 6.45) is 0.428. The van der Waals surface area contributed by atoms with Crippen molar-refractivity contribution in [3.63, 3.8) is 0 Å². The zero-order valence-electron chi connectivity index (χ0n) is 12.0. The third-order valence-electron chi connectivity index (χ3n) is 3.23. The van der Waals surface area contributed by atoms with Gasteiger partial charge in [-0.25, -0.2) is 4.79 Å². The topological polar surface area (TPSA) is 58.6 Å². The van der Waals surface area contributed by atoms with Gasteiger partial charge in [0.05, 0.1) is 6.61 Å². The zero-order valence-corrected chi connectivity index (χ0v) is 12.0. The van der Waals surface area contributed by atoms with Crippen molar-refractivity contribution in [1.29, 1.82) is 0 Å². The van der Waals surface area contributed by atoms with Gasteiger partial charge in [0, 0.05) is 24.8 Å². The quantitative estimate of drug-likeness (QED) is 0.821. The fourth-order valence-corrected chi connectivity index (χ4v) is 2.18. The number of carboxylic acids is 1. The molecule has 0 amide bonds. The normalized spacial score (nSPS) is 11.9. The molecule has 4 heteroatoms. The van der Waals surface area contributed by atoms with E-state index in [1.165, 1.54) is 0 Å². The molecule has 2 N–H and O–H groups in total. The van der Waals surface area contributed by atoms with Crippen molar-refractivity contribution in [3.8, 4) is 0 Å². The first kappa shape index (κ1) is 15.1. The molecule has 0 saturated carbocycles. The van der Waals surface area contributed by atoms with Gasteiger partial charge in [-0.2, -0.15) is 0 Å². The standard InChI is InChI=1S/C17H19NO3/c1-21-12-14-9-5-6-10-15(14)18-16(17(19)20)11-13-7-3-2-4-8-13/h2-10,16,18H,11-12H2,1H3,(H,19,20). The van der Waals surface area contributed by atoms with Gasteiger partial charge in [0.1, 0.15) is 6.04 Å². The molecule has 2 aromatic carbocycles. The maximum atomic E-state index is 11.5. The van der Waals surface area contributed by atoms with Crippen molar-refractivity contribution in [2.75, 3.05) is 12.4 Å². The lowest BCUT2D eigenvalue weighted by Crippen LogP contribution is -2.31. The Morgan fingerprint density at radius 2 is 1.81 bits per heavy atom. The lowest BCUT2D eigenvalue weighted by atomic mass is 10.0. The molecule has 1 unspecified atom stereocenters. The highest BCUT2D eigenvalue weighted by atomic mass is 16.5. The Morgan fingerprint density at radius 1 is 1.14 bits per heavy atom. The maximum absolute atomic E-state index is 11.5. The molecule has 0 aliphatic carbocycles. The Hall–Kier alpha value is -2.33. The summed E-state index contributed by atoms with van der Waals surface area (Å²) in [6, 6.07) is 16.5. The van der Waals surface area contributed by atoms with E-state index in [-0.39, 0.29) is 0 Å². The van der Waals surface area contributed by atoms with Crippen LogP contribution in [-0.4, -0.2) is 24.2 Å². The van der Waals surface area contributed by atoms with E-state index in [2.05, 4.69) is 5.32 Å². The summed E-state index contributed by atoms with van der Waals surface area (Å²) < 4.78 is 5.14. The predicted molar refractivity (Wildman–Crippen MR) is 82.3 cm³/mol. The van der Waals surface area contributed by atoms with Gasteiger partial charge in [-0.3, -0.25) is 0 Å². The number of hydrogen-bond donors (Lipinski definition) is 2. The highest BCUT2D eigenvalue weighted by Gasteiger charge is 2.18. The highest BCUT2D eigenvalue weighted by Crippen LogP contribution is 2.18. The molecule has 4 nitrogen and oxygen atoms in total. The maximum Gasteiger partial charge on any atom is 0.326 e. The monoisotopic (exact) mass is 285 g/mol. The summed E-state index contributed by atoms with van der Waals surface area (Å²) in [6.45, 7) is 0.445. The van der Waals surface area contributed by atoms with Crippen molar-refractivity contribution in [2.24, 2.45) is 0 Å². The van der Waals surface area contributed by atoms with E-state index in [1.54, 1.807) is 7.11 Å². The number of nitrogens with one attached hydrogen (secondary N) is 1. The Morgan fingerprint density at radius 3 is 2.48 bits per heavy atom. The average molecular weight is 285 g/mol. The van der Waals surface area contributed by atoms with Crippen molar-refractivity contribution in [1.82, 2.24) is 0 Å². The van der Waals surface area contributed by atoms with Crippen LogP contribution in [0.15, 0.2) is 54.6 Å². The van der Waals surface area contributed by atoms with Gasteiger partial charge in [-0.05, 0) is 11.6 Å². The number of aliphatic carboxylic acids is 1. The second-order valence-corrected chi connectivity index (χ2v) is 4.82. The summed E-state index contributed by atoms with van der Waals surface area (Å²) in [5.74, 6) is -0.869. The van der Waals surface area contributed by atoms with Crippen LogP contribution < -0.4 is 5.32 Å². The average Bonchev–Trinajstić information content (AvgIpc) is 2.49. The molecular weight excluding hydrogens is 266 g/mol. The van der Waals surface area contributed by atoms with Crippen LogP contribution in [0.2, 0.25) is 0 Å². The van der Waals surface area contributed by atoms with E-state index in [1.807, 2.05) is 54.6 Å². The first-order valence-corrected chi connectivity index (χ1v) is 6.81. The van der Waals surface area contributed by atoms with E-state index in [4.69, 9.17) is 4.74 Å². The van der Waals surface area contributed by atoms with Crippen LogP contribution in [0.5, 0.6) is 0 Å². The molecule has 0 aliphatic heterocycles. The fraction of sp³-hybridized carbons (Fsp3) is 0.235. The lowest BCUT2D eigenvalue weighted by Gasteiger charge is -2.18. The van der Waals surface area contributed by atoms with E-state index in [0.717, 1.165) is 16.8 Å². The van der Waals surface area contributed by atoms with Crippen molar-refractivity contribution < 1.29 is 14.6 Å². The third kappa shape index (κ3) is 4.33. The number of carbonyl (C=O) groups is 1. The first-order chi connectivity index (χ1) is 10.2. The molecule has 2 aromatic rings. The Kier molecular flexibility index (Phi) is 5.35.